The first-order valence-electron chi connectivity index (χ1n) is 7.72. The predicted molar refractivity (Wildman–Crippen MR) is 96.0 cm³/mol. The maximum atomic E-state index is 14.2. The molecular formula is C16H20ClFN2O4S. The maximum Gasteiger partial charge on any atom is 0.410 e. The summed E-state index contributed by atoms with van der Waals surface area (Å²) in [6, 6.07) is 1.69. The number of halogens is 2. The zero-order valence-electron chi connectivity index (χ0n) is 14.2. The molecule has 1 unspecified atom stereocenters. The first-order chi connectivity index (χ1) is 11.8. The van der Waals surface area contributed by atoms with E-state index in [-0.39, 0.29) is 22.6 Å². The highest BCUT2D eigenvalue weighted by molar-refractivity contribution is 7.99. The van der Waals surface area contributed by atoms with E-state index in [0.29, 0.717) is 18.1 Å². The molecule has 0 bridgehead atoms. The highest BCUT2D eigenvalue weighted by atomic mass is 35.5. The van der Waals surface area contributed by atoms with Crippen molar-refractivity contribution >= 4 is 41.1 Å². The molecule has 1 aliphatic rings. The normalized spacial score (nSPS) is 17.4. The van der Waals surface area contributed by atoms with Gasteiger partial charge in [-0.15, -0.1) is 0 Å². The number of carbonyl (C=O) groups is 2. The molecule has 2 rings (SSSR count). The molecular weight excluding hydrogens is 371 g/mol. The van der Waals surface area contributed by atoms with Crippen LogP contribution in [-0.4, -0.2) is 54.2 Å². The van der Waals surface area contributed by atoms with Crippen LogP contribution in [0.15, 0.2) is 12.1 Å². The number of carbonyl (C=O) groups excluding carboxylic acids is 2. The molecule has 1 atom stereocenters. The standard InChI is InChI=1S/C16H20ClFN2O4S/c1-9(2)24-14-7-12(11(18)6-10(14)17)19-15(21)13-8-25-5-4-20(13)16(22)23-3/h6-7,9,13H,4-5,8H2,1-3H3,(H,19,21). The lowest BCUT2D eigenvalue weighted by Gasteiger charge is -2.33. The Labute approximate surface area is 155 Å². The molecule has 0 aliphatic carbocycles. The molecule has 6 nitrogen and oxygen atoms in total. The molecule has 0 aromatic heterocycles. The number of anilines is 1. The topological polar surface area (TPSA) is 67.9 Å². The Bertz CT molecular complexity index is 659. The van der Waals surface area contributed by atoms with Crippen molar-refractivity contribution in [3.63, 3.8) is 0 Å². The van der Waals surface area contributed by atoms with Gasteiger partial charge < -0.3 is 14.8 Å². The average molecular weight is 391 g/mol. The highest BCUT2D eigenvalue weighted by Gasteiger charge is 2.33. The molecule has 1 saturated heterocycles. The Morgan fingerprint density at radius 3 is 2.80 bits per heavy atom. The Morgan fingerprint density at radius 1 is 1.44 bits per heavy atom. The van der Waals surface area contributed by atoms with E-state index < -0.39 is 23.9 Å². The van der Waals surface area contributed by atoms with Gasteiger partial charge in [-0.2, -0.15) is 11.8 Å². The fourth-order valence-corrected chi connectivity index (χ4v) is 3.58. The van der Waals surface area contributed by atoms with E-state index in [2.05, 4.69) is 5.32 Å². The van der Waals surface area contributed by atoms with E-state index >= 15 is 0 Å². The third-order valence-electron chi connectivity index (χ3n) is 3.48. The minimum atomic E-state index is -0.740. The van der Waals surface area contributed by atoms with Crippen molar-refractivity contribution in [2.75, 3.05) is 30.5 Å². The second-order valence-electron chi connectivity index (χ2n) is 5.67. The second-order valence-corrected chi connectivity index (χ2v) is 7.23. The fraction of sp³-hybridized carbons (Fsp3) is 0.500. The number of rotatable bonds is 4. The number of benzene rings is 1. The largest absolute Gasteiger partial charge is 0.489 e. The van der Waals surface area contributed by atoms with Crippen LogP contribution >= 0.6 is 23.4 Å². The van der Waals surface area contributed by atoms with Crippen molar-refractivity contribution in [2.24, 2.45) is 0 Å². The number of nitrogens with one attached hydrogen (secondary N) is 1. The SMILES string of the molecule is COC(=O)N1CCSCC1C(=O)Nc1cc(OC(C)C)c(Cl)cc1F. The van der Waals surface area contributed by atoms with Gasteiger partial charge in [0.1, 0.15) is 17.6 Å². The van der Waals surface area contributed by atoms with E-state index in [9.17, 15) is 14.0 Å². The first kappa shape index (κ1) is 19.7. The van der Waals surface area contributed by atoms with Crippen LogP contribution in [-0.2, 0) is 9.53 Å². The number of hydrogen-bond acceptors (Lipinski definition) is 5. The highest BCUT2D eigenvalue weighted by Crippen LogP contribution is 2.31. The van der Waals surface area contributed by atoms with Gasteiger partial charge in [-0.3, -0.25) is 9.69 Å². The van der Waals surface area contributed by atoms with Gasteiger partial charge in [0.25, 0.3) is 0 Å². The van der Waals surface area contributed by atoms with Gasteiger partial charge in [-0.25, -0.2) is 9.18 Å². The summed E-state index contributed by atoms with van der Waals surface area (Å²) in [5.74, 6) is 0.222. The van der Waals surface area contributed by atoms with Crippen molar-refractivity contribution in [2.45, 2.75) is 26.0 Å². The molecule has 2 amide bonds. The summed E-state index contributed by atoms with van der Waals surface area (Å²) < 4.78 is 24.4. The first-order valence-corrected chi connectivity index (χ1v) is 9.25. The molecule has 138 valence electrons. The number of thioether (sulfide) groups is 1. The molecule has 25 heavy (non-hydrogen) atoms. The zero-order chi connectivity index (χ0) is 18.6. The summed E-state index contributed by atoms with van der Waals surface area (Å²) in [7, 11) is 1.26. The molecule has 1 aromatic carbocycles. The fourth-order valence-electron chi connectivity index (χ4n) is 2.34. The lowest BCUT2D eigenvalue weighted by atomic mass is 10.2. The van der Waals surface area contributed by atoms with Crippen LogP contribution in [0.2, 0.25) is 5.02 Å². The van der Waals surface area contributed by atoms with Crippen LogP contribution in [0, 0.1) is 5.82 Å². The molecule has 1 fully saturated rings. The van der Waals surface area contributed by atoms with Crippen LogP contribution in [0.4, 0.5) is 14.9 Å². The molecule has 1 aliphatic heterocycles. The van der Waals surface area contributed by atoms with Crippen molar-refractivity contribution in [1.82, 2.24) is 4.90 Å². The van der Waals surface area contributed by atoms with Gasteiger partial charge in [0.15, 0.2) is 0 Å². The minimum absolute atomic E-state index is 0.0505. The van der Waals surface area contributed by atoms with Crippen molar-refractivity contribution in [3.05, 3.63) is 23.0 Å². The van der Waals surface area contributed by atoms with Crippen LogP contribution in [0.25, 0.3) is 0 Å². The van der Waals surface area contributed by atoms with E-state index in [4.69, 9.17) is 21.1 Å². The van der Waals surface area contributed by atoms with Crippen LogP contribution in [0.1, 0.15) is 13.8 Å². The van der Waals surface area contributed by atoms with Crippen molar-refractivity contribution < 1.29 is 23.5 Å². The van der Waals surface area contributed by atoms with Crippen LogP contribution in [0.5, 0.6) is 5.75 Å². The Morgan fingerprint density at radius 2 is 2.16 bits per heavy atom. The number of methoxy groups -OCH3 is 1. The van der Waals surface area contributed by atoms with E-state index in [1.54, 1.807) is 11.8 Å². The monoisotopic (exact) mass is 390 g/mol. The molecule has 0 spiro atoms. The van der Waals surface area contributed by atoms with Crippen molar-refractivity contribution in [1.29, 1.82) is 0 Å². The van der Waals surface area contributed by atoms with Gasteiger partial charge in [0.2, 0.25) is 5.91 Å². The lowest BCUT2D eigenvalue weighted by molar-refractivity contribution is -0.120. The quantitative estimate of drug-likeness (QED) is 0.853. The summed E-state index contributed by atoms with van der Waals surface area (Å²) in [6.45, 7) is 4.01. The molecule has 0 saturated carbocycles. The molecule has 9 heteroatoms. The van der Waals surface area contributed by atoms with Gasteiger partial charge >= 0.3 is 6.09 Å². The lowest BCUT2D eigenvalue weighted by Crippen LogP contribution is -2.52. The number of hydrogen-bond donors (Lipinski definition) is 1. The Balaban J connectivity index is 2.19. The summed E-state index contributed by atoms with van der Waals surface area (Å²) in [5, 5.41) is 2.63. The van der Waals surface area contributed by atoms with Gasteiger partial charge in [-0.1, -0.05) is 11.6 Å². The van der Waals surface area contributed by atoms with E-state index in [1.165, 1.54) is 18.1 Å². The minimum Gasteiger partial charge on any atom is -0.489 e. The van der Waals surface area contributed by atoms with Gasteiger partial charge in [-0.05, 0) is 19.9 Å². The summed E-state index contributed by atoms with van der Waals surface area (Å²) >= 11 is 7.51. The molecule has 0 radical (unpaired) electrons. The molecule has 1 heterocycles. The Hall–Kier alpha value is -1.67. The number of nitrogens with zero attached hydrogens (tertiary/aromatic N) is 1. The average Bonchev–Trinajstić information content (AvgIpc) is 2.58. The second kappa shape index (κ2) is 8.62. The summed E-state index contributed by atoms with van der Waals surface area (Å²) in [5.41, 5.74) is -0.0505. The zero-order valence-corrected chi connectivity index (χ0v) is 15.7. The van der Waals surface area contributed by atoms with Gasteiger partial charge in [0, 0.05) is 24.1 Å². The van der Waals surface area contributed by atoms with E-state index in [0.717, 1.165) is 6.07 Å². The smallest absolute Gasteiger partial charge is 0.410 e. The van der Waals surface area contributed by atoms with Crippen LogP contribution < -0.4 is 10.1 Å². The summed E-state index contributed by atoms with van der Waals surface area (Å²) in [6.07, 6.45) is -0.739. The molecule has 1 N–H and O–H groups in total. The maximum absolute atomic E-state index is 14.2. The van der Waals surface area contributed by atoms with Crippen LogP contribution in [0.3, 0.4) is 0 Å². The number of ether oxygens (including phenoxy) is 2. The summed E-state index contributed by atoms with van der Waals surface area (Å²) in [4.78, 5) is 25.7. The molecule has 1 aromatic rings. The van der Waals surface area contributed by atoms with Crippen molar-refractivity contribution in [3.8, 4) is 5.75 Å². The predicted octanol–water partition coefficient (Wildman–Crippen LogP) is 3.39. The Kier molecular flexibility index (Phi) is 6.78. The van der Waals surface area contributed by atoms with Gasteiger partial charge in [0.05, 0.1) is 23.9 Å². The third-order valence-corrected chi connectivity index (χ3v) is 4.80. The number of amides is 2. The third kappa shape index (κ3) is 4.92. The van der Waals surface area contributed by atoms with E-state index in [1.807, 2.05) is 13.8 Å².